The Morgan fingerprint density at radius 1 is 1.05 bits per heavy atom. The van der Waals surface area contributed by atoms with Crippen molar-refractivity contribution in [2.45, 2.75) is 71.8 Å². The van der Waals surface area contributed by atoms with Crippen molar-refractivity contribution in [3.8, 4) is 0 Å². The van der Waals surface area contributed by atoms with E-state index in [1.54, 1.807) is 0 Å². The zero-order valence-corrected chi connectivity index (χ0v) is 13.0. The lowest BCUT2D eigenvalue weighted by Crippen LogP contribution is -2.30. The molecule has 0 bridgehead atoms. The van der Waals surface area contributed by atoms with Gasteiger partial charge in [0.25, 0.3) is 0 Å². The quantitative estimate of drug-likeness (QED) is 0.592. The van der Waals surface area contributed by atoms with E-state index in [-0.39, 0.29) is 0 Å². The smallest absolute Gasteiger partial charge is 0.00702 e. The van der Waals surface area contributed by atoms with Gasteiger partial charge in [0.2, 0.25) is 0 Å². The van der Waals surface area contributed by atoms with E-state index in [4.69, 9.17) is 0 Å². The number of rotatable bonds is 10. The Bertz CT molecular complexity index is 332. The summed E-state index contributed by atoms with van der Waals surface area (Å²) in [5.74, 6) is 0. The number of aryl methyl sites for hydroxylation is 2. The molecular formula is C18H31N. The lowest BCUT2D eigenvalue weighted by Gasteiger charge is -2.18. The molecule has 1 atom stereocenters. The molecule has 1 N–H and O–H groups in total. The second kappa shape index (κ2) is 10.0. The van der Waals surface area contributed by atoms with Gasteiger partial charge >= 0.3 is 0 Å². The molecule has 0 fully saturated rings. The van der Waals surface area contributed by atoms with Crippen molar-refractivity contribution >= 4 is 0 Å². The molecule has 1 nitrogen and oxygen atoms in total. The van der Waals surface area contributed by atoms with Crippen LogP contribution in [0.4, 0.5) is 0 Å². The molecule has 0 saturated carbocycles. The van der Waals surface area contributed by atoms with Crippen LogP contribution in [0, 0.1) is 6.92 Å². The van der Waals surface area contributed by atoms with E-state index in [2.05, 4.69) is 50.4 Å². The van der Waals surface area contributed by atoms with Gasteiger partial charge in [-0.15, -0.1) is 0 Å². The minimum absolute atomic E-state index is 0.701. The number of benzene rings is 1. The SMILES string of the molecule is CCCCCC(CCc1cccc(C)c1)NCCC. The summed E-state index contributed by atoms with van der Waals surface area (Å²) in [5.41, 5.74) is 2.86. The lowest BCUT2D eigenvalue weighted by molar-refractivity contribution is 0.435. The van der Waals surface area contributed by atoms with Crippen LogP contribution in [0.25, 0.3) is 0 Å². The van der Waals surface area contributed by atoms with Gasteiger partial charge in [-0.3, -0.25) is 0 Å². The number of unbranched alkanes of at least 4 members (excludes halogenated alkanes) is 2. The van der Waals surface area contributed by atoms with E-state index in [1.165, 1.54) is 56.1 Å². The molecule has 1 unspecified atom stereocenters. The van der Waals surface area contributed by atoms with Crippen LogP contribution in [0.15, 0.2) is 24.3 Å². The molecule has 0 aliphatic carbocycles. The summed E-state index contributed by atoms with van der Waals surface area (Å²) in [4.78, 5) is 0. The topological polar surface area (TPSA) is 12.0 Å². The minimum atomic E-state index is 0.701. The van der Waals surface area contributed by atoms with Gasteiger partial charge in [0, 0.05) is 6.04 Å². The first-order valence-electron chi connectivity index (χ1n) is 8.05. The summed E-state index contributed by atoms with van der Waals surface area (Å²) in [6.45, 7) is 7.86. The molecule has 0 heterocycles. The van der Waals surface area contributed by atoms with Crippen LogP contribution in [-0.4, -0.2) is 12.6 Å². The highest BCUT2D eigenvalue weighted by Gasteiger charge is 2.07. The van der Waals surface area contributed by atoms with Gasteiger partial charge in [-0.25, -0.2) is 0 Å². The fourth-order valence-electron chi connectivity index (χ4n) is 2.55. The molecule has 0 aromatic heterocycles. The highest BCUT2D eigenvalue weighted by atomic mass is 14.9. The van der Waals surface area contributed by atoms with Crippen molar-refractivity contribution in [1.82, 2.24) is 5.32 Å². The van der Waals surface area contributed by atoms with E-state index in [1.807, 2.05) is 0 Å². The summed E-state index contributed by atoms with van der Waals surface area (Å²) in [6, 6.07) is 9.64. The second-order valence-electron chi connectivity index (χ2n) is 5.67. The van der Waals surface area contributed by atoms with Crippen molar-refractivity contribution in [2.24, 2.45) is 0 Å². The third-order valence-corrected chi connectivity index (χ3v) is 3.70. The molecule has 1 aromatic rings. The number of nitrogens with one attached hydrogen (secondary N) is 1. The summed E-state index contributed by atoms with van der Waals surface area (Å²) in [6.07, 6.45) is 9.09. The highest BCUT2D eigenvalue weighted by Crippen LogP contribution is 2.12. The predicted octanol–water partition coefficient (Wildman–Crippen LogP) is 4.88. The summed E-state index contributed by atoms with van der Waals surface area (Å²) in [5, 5.41) is 3.71. The Morgan fingerprint density at radius 2 is 1.89 bits per heavy atom. The van der Waals surface area contributed by atoms with Crippen LogP contribution in [0.5, 0.6) is 0 Å². The molecule has 0 saturated heterocycles. The first kappa shape index (κ1) is 16.2. The fraction of sp³-hybridized carbons (Fsp3) is 0.667. The van der Waals surface area contributed by atoms with Crippen molar-refractivity contribution in [2.75, 3.05) is 6.54 Å². The first-order valence-corrected chi connectivity index (χ1v) is 8.05. The van der Waals surface area contributed by atoms with Crippen molar-refractivity contribution in [1.29, 1.82) is 0 Å². The third-order valence-electron chi connectivity index (χ3n) is 3.70. The van der Waals surface area contributed by atoms with Gasteiger partial charge in [0.1, 0.15) is 0 Å². The standard InChI is InChI=1S/C18H31N/c1-4-6-7-11-18(19-14-5-2)13-12-17-10-8-9-16(3)15-17/h8-10,15,18-19H,4-7,11-14H2,1-3H3. The largest absolute Gasteiger partial charge is 0.314 e. The van der Waals surface area contributed by atoms with E-state index >= 15 is 0 Å². The molecule has 0 aliphatic rings. The maximum atomic E-state index is 3.71. The highest BCUT2D eigenvalue weighted by molar-refractivity contribution is 5.22. The van der Waals surface area contributed by atoms with Gasteiger partial charge in [-0.2, -0.15) is 0 Å². The number of hydrogen-bond acceptors (Lipinski definition) is 1. The first-order chi connectivity index (χ1) is 9.26. The predicted molar refractivity (Wildman–Crippen MR) is 85.7 cm³/mol. The molecule has 0 radical (unpaired) electrons. The summed E-state index contributed by atoms with van der Waals surface area (Å²) in [7, 11) is 0. The van der Waals surface area contributed by atoms with Gasteiger partial charge in [0.15, 0.2) is 0 Å². The maximum absolute atomic E-state index is 3.71. The van der Waals surface area contributed by atoms with Crippen LogP contribution in [-0.2, 0) is 6.42 Å². The van der Waals surface area contributed by atoms with Crippen molar-refractivity contribution < 1.29 is 0 Å². The van der Waals surface area contributed by atoms with Gasteiger partial charge in [-0.05, 0) is 44.7 Å². The monoisotopic (exact) mass is 261 g/mol. The Balaban J connectivity index is 2.37. The molecule has 108 valence electrons. The van der Waals surface area contributed by atoms with Gasteiger partial charge in [0.05, 0.1) is 0 Å². The zero-order chi connectivity index (χ0) is 13.9. The van der Waals surface area contributed by atoms with Crippen LogP contribution < -0.4 is 5.32 Å². The maximum Gasteiger partial charge on any atom is 0.00702 e. The van der Waals surface area contributed by atoms with Crippen LogP contribution in [0.2, 0.25) is 0 Å². The van der Waals surface area contributed by atoms with Crippen molar-refractivity contribution in [3.05, 3.63) is 35.4 Å². The summed E-state index contributed by atoms with van der Waals surface area (Å²) >= 11 is 0. The molecule has 0 spiro atoms. The normalized spacial score (nSPS) is 12.6. The molecule has 1 rings (SSSR count). The van der Waals surface area contributed by atoms with E-state index in [0.29, 0.717) is 6.04 Å². The minimum Gasteiger partial charge on any atom is -0.314 e. The van der Waals surface area contributed by atoms with Crippen LogP contribution in [0.1, 0.15) is 63.5 Å². The van der Waals surface area contributed by atoms with E-state index < -0.39 is 0 Å². The average Bonchev–Trinajstić information content (AvgIpc) is 2.41. The molecule has 0 amide bonds. The third kappa shape index (κ3) is 7.37. The number of hydrogen-bond donors (Lipinski definition) is 1. The molecule has 1 heteroatoms. The van der Waals surface area contributed by atoms with E-state index in [9.17, 15) is 0 Å². The van der Waals surface area contributed by atoms with Gasteiger partial charge in [-0.1, -0.05) is 62.9 Å². The van der Waals surface area contributed by atoms with Crippen LogP contribution >= 0.6 is 0 Å². The lowest BCUT2D eigenvalue weighted by atomic mass is 9.99. The zero-order valence-electron chi connectivity index (χ0n) is 13.0. The Labute approximate surface area is 119 Å². The van der Waals surface area contributed by atoms with Crippen LogP contribution in [0.3, 0.4) is 0 Å². The van der Waals surface area contributed by atoms with E-state index in [0.717, 1.165) is 6.54 Å². The van der Waals surface area contributed by atoms with Crippen molar-refractivity contribution in [3.63, 3.8) is 0 Å². The average molecular weight is 261 g/mol. The Hall–Kier alpha value is -0.820. The Kier molecular flexibility index (Phi) is 8.57. The molecule has 19 heavy (non-hydrogen) atoms. The second-order valence-corrected chi connectivity index (χ2v) is 5.67. The summed E-state index contributed by atoms with van der Waals surface area (Å²) < 4.78 is 0. The fourth-order valence-corrected chi connectivity index (χ4v) is 2.55. The van der Waals surface area contributed by atoms with Gasteiger partial charge < -0.3 is 5.32 Å². The molecule has 1 aromatic carbocycles. The molecular weight excluding hydrogens is 230 g/mol. The Morgan fingerprint density at radius 3 is 2.58 bits per heavy atom. The molecule has 0 aliphatic heterocycles.